The van der Waals surface area contributed by atoms with E-state index in [1.165, 1.54) is 16.2 Å². The topological polar surface area (TPSA) is 80.0 Å². The molecule has 0 spiro atoms. The maximum absolute atomic E-state index is 11.5. The number of hydrogen-bond donors (Lipinski definition) is 3. The Balaban J connectivity index is 1.87. The average molecular weight is 254 g/mol. The maximum Gasteiger partial charge on any atom is 0.315 e. The van der Waals surface area contributed by atoms with Crippen molar-refractivity contribution in [2.75, 3.05) is 12.3 Å². The summed E-state index contributed by atoms with van der Waals surface area (Å²) in [4.78, 5) is 17.0. The van der Waals surface area contributed by atoms with Gasteiger partial charge in [-0.05, 0) is 19.3 Å². The third-order valence-corrected chi connectivity index (χ3v) is 3.78. The molecule has 0 aromatic carbocycles. The van der Waals surface area contributed by atoms with Gasteiger partial charge < -0.3 is 16.4 Å². The molecular weight excluding hydrogens is 236 g/mol. The van der Waals surface area contributed by atoms with Gasteiger partial charge in [-0.25, -0.2) is 9.78 Å². The van der Waals surface area contributed by atoms with E-state index in [9.17, 15) is 4.79 Å². The maximum atomic E-state index is 11.5. The van der Waals surface area contributed by atoms with Crippen molar-refractivity contribution in [2.24, 2.45) is 0 Å². The van der Waals surface area contributed by atoms with Crippen LogP contribution in [0.1, 0.15) is 30.3 Å². The van der Waals surface area contributed by atoms with E-state index >= 15 is 0 Å². The number of nitrogens with two attached hydrogens (primary N) is 1. The standard InChI is InChI=1S/C11H18N4OS/c1-2-5-13-11(16)14-7-3-4-8-9(6-7)17-10(12)15-8/h7H,2-6H2,1H3,(H2,12,15)(H2,13,14,16). The number of nitrogens with one attached hydrogen (secondary N) is 2. The molecule has 5 nitrogen and oxygen atoms in total. The molecule has 1 aliphatic rings. The number of thiazole rings is 1. The fourth-order valence-electron chi connectivity index (χ4n) is 1.99. The molecule has 1 aliphatic carbocycles. The van der Waals surface area contributed by atoms with Gasteiger partial charge in [0.2, 0.25) is 0 Å². The van der Waals surface area contributed by atoms with Crippen LogP contribution in [0.2, 0.25) is 0 Å². The zero-order valence-electron chi connectivity index (χ0n) is 9.95. The molecule has 0 radical (unpaired) electrons. The highest BCUT2D eigenvalue weighted by Crippen LogP contribution is 2.27. The Morgan fingerprint density at radius 2 is 2.47 bits per heavy atom. The van der Waals surface area contributed by atoms with Gasteiger partial charge in [-0.1, -0.05) is 6.92 Å². The van der Waals surface area contributed by atoms with Gasteiger partial charge in [0.25, 0.3) is 0 Å². The molecule has 0 fully saturated rings. The summed E-state index contributed by atoms with van der Waals surface area (Å²) in [5, 5.41) is 6.44. The Kier molecular flexibility index (Phi) is 3.83. The van der Waals surface area contributed by atoms with Gasteiger partial charge in [-0.2, -0.15) is 0 Å². The van der Waals surface area contributed by atoms with E-state index in [-0.39, 0.29) is 12.1 Å². The van der Waals surface area contributed by atoms with E-state index in [1.54, 1.807) is 0 Å². The van der Waals surface area contributed by atoms with Crippen molar-refractivity contribution in [3.63, 3.8) is 0 Å². The molecule has 1 atom stereocenters. The first kappa shape index (κ1) is 12.2. The van der Waals surface area contributed by atoms with Crippen molar-refractivity contribution in [3.05, 3.63) is 10.6 Å². The molecule has 1 unspecified atom stereocenters. The Bertz CT molecular complexity index is 404. The molecule has 0 aliphatic heterocycles. The molecule has 1 aromatic rings. The highest BCUT2D eigenvalue weighted by atomic mass is 32.1. The lowest BCUT2D eigenvalue weighted by Gasteiger charge is -2.22. The molecule has 0 saturated heterocycles. The summed E-state index contributed by atoms with van der Waals surface area (Å²) in [5.41, 5.74) is 6.79. The molecule has 4 N–H and O–H groups in total. The fourth-order valence-corrected chi connectivity index (χ4v) is 2.95. The molecular formula is C11H18N4OS. The van der Waals surface area contributed by atoms with Crippen molar-refractivity contribution in [2.45, 2.75) is 38.6 Å². The lowest BCUT2D eigenvalue weighted by Crippen LogP contribution is -2.44. The lowest BCUT2D eigenvalue weighted by molar-refractivity contribution is 0.235. The van der Waals surface area contributed by atoms with Crippen molar-refractivity contribution >= 4 is 22.5 Å². The van der Waals surface area contributed by atoms with E-state index in [0.29, 0.717) is 5.13 Å². The lowest BCUT2D eigenvalue weighted by atomic mass is 9.98. The number of carbonyl (C=O) groups is 1. The molecule has 1 heterocycles. The first-order valence-corrected chi connectivity index (χ1v) is 6.79. The molecule has 94 valence electrons. The predicted molar refractivity (Wildman–Crippen MR) is 69.2 cm³/mol. The second kappa shape index (κ2) is 5.35. The average Bonchev–Trinajstić information content (AvgIpc) is 2.65. The minimum atomic E-state index is -0.0715. The van der Waals surface area contributed by atoms with E-state index in [0.717, 1.165) is 37.9 Å². The number of aromatic nitrogens is 1. The number of carbonyl (C=O) groups excluding carboxylic acids is 1. The van der Waals surface area contributed by atoms with Gasteiger partial charge in [-0.15, -0.1) is 11.3 Å². The molecule has 1 aromatic heterocycles. The molecule has 0 saturated carbocycles. The minimum absolute atomic E-state index is 0.0715. The van der Waals surface area contributed by atoms with Crippen LogP contribution in [-0.2, 0) is 12.8 Å². The summed E-state index contributed by atoms with van der Waals surface area (Å²) >= 11 is 1.53. The number of urea groups is 1. The highest BCUT2D eigenvalue weighted by molar-refractivity contribution is 7.15. The number of aryl methyl sites for hydroxylation is 1. The summed E-state index contributed by atoms with van der Waals surface area (Å²) in [5.74, 6) is 0. The van der Waals surface area contributed by atoms with Gasteiger partial charge in [0.15, 0.2) is 5.13 Å². The summed E-state index contributed by atoms with van der Waals surface area (Å²) < 4.78 is 0. The Labute approximate surface area is 105 Å². The van der Waals surface area contributed by atoms with Crippen LogP contribution in [0.4, 0.5) is 9.93 Å². The van der Waals surface area contributed by atoms with Crippen LogP contribution < -0.4 is 16.4 Å². The van der Waals surface area contributed by atoms with Crippen molar-refractivity contribution in [1.29, 1.82) is 0 Å². The van der Waals surface area contributed by atoms with Gasteiger partial charge >= 0.3 is 6.03 Å². The van der Waals surface area contributed by atoms with Crippen molar-refractivity contribution in [3.8, 4) is 0 Å². The monoisotopic (exact) mass is 254 g/mol. The number of hydrogen-bond acceptors (Lipinski definition) is 4. The number of rotatable bonds is 3. The zero-order chi connectivity index (χ0) is 12.3. The second-order valence-electron chi connectivity index (χ2n) is 4.26. The SMILES string of the molecule is CCCNC(=O)NC1CCc2nc(N)sc2C1. The van der Waals surface area contributed by atoms with E-state index in [2.05, 4.69) is 15.6 Å². The first-order chi connectivity index (χ1) is 8.19. The van der Waals surface area contributed by atoms with Crippen LogP contribution in [-0.4, -0.2) is 23.6 Å². The molecule has 6 heteroatoms. The van der Waals surface area contributed by atoms with Crippen LogP contribution in [0.3, 0.4) is 0 Å². The molecule has 2 rings (SSSR count). The Hall–Kier alpha value is -1.30. The van der Waals surface area contributed by atoms with Gasteiger partial charge in [0, 0.05) is 23.9 Å². The summed E-state index contributed by atoms with van der Waals surface area (Å²) in [6.07, 6.45) is 3.65. The predicted octanol–water partition coefficient (Wildman–Crippen LogP) is 1.29. The van der Waals surface area contributed by atoms with E-state index < -0.39 is 0 Å². The van der Waals surface area contributed by atoms with Crippen molar-refractivity contribution in [1.82, 2.24) is 15.6 Å². The van der Waals surface area contributed by atoms with E-state index in [4.69, 9.17) is 5.73 Å². The number of amides is 2. The number of nitrogens with zero attached hydrogens (tertiary/aromatic N) is 1. The molecule has 17 heavy (non-hydrogen) atoms. The molecule has 2 amide bonds. The van der Waals surface area contributed by atoms with Gasteiger partial charge in [-0.3, -0.25) is 0 Å². The van der Waals surface area contributed by atoms with Crippen LogP contribution in [0.5, 0.6) is 0 Å². The summed E-state index contributed by atoms with van der Waals surface area (Å²) in [7, 11) is 0. The van der Waals surface area contributed by atoms with Crippen molar-refractivity contribution < 1.29 is 4.79 Å². The fraction of sp³-hybridized carbons (Fsp3) is 0.636. The summed E-state index contributed by atoms with van der Waals surface area (Å²) in [6.45, 7) is 2.75. The zero-order valence-corrected chi connectivity index (χ0v) is 10.8. The second-order valence-corrected chi connectivity index (χ2v) is 5.38. The highest BCUT2D eigenvalue weighted by Gasteiger charge is 2.23. The van der Waals surface area contributed by atoms with E-state index in [1.807, 2.05) is 6.92 Å². The number of anilines is 1. The van der Waals surface area contributed by atoms with Gasteiger partial charge in [0.05, 0.1) is 5.69 Å². The van der Waals surface area contributed by atoms with Crippen LogP contribution >= 0.6 is 11.3 Å². The number of nitrogen functional groups attached to an aromatic ring is 1. The van der Waals surface area contributed by atoms with Crippen LogP contribution in [0.15, 0.2) is 0 Å². The smallest absolute Gasteiger partial charge is 0.315 e. The Morgan fingerprint density at radius 1 is 1.65 bits per heavy atom. The minimum Gasteiger partial charge on any atom is -0.375 e. The van der Waals surface area contributed by atoms with Crippen LogP contribution in [0.25, 0.3) is 0 Å². The third kappa shape index (κ3) is 3.09. The largest absolute Gasteiger partial charge is 0.375 e. The van der Waals surface area contributed by atoms with Gasteiger partial charge in [0.1, 0.15) is 0 Å². The Morgan fingerprint density at radius 3 is 3.24 bits per heavy atom. The first-order valence-electron chi connectivity index (χ1n) is 5.97. The normalized spacial score (nSPS) is 18.5. The summed E-state index contributed by atoms with van der Waals surface area (Å²) in [6, 6.07) is 0.136. The third-order valence-electron chi connectivity index (χ3n) is 2.83. The molecule has 0 bridgehead atoms. The van der Waals surface area contributed by atoms with Crippen LogP contribution in [0, 0.1) is 0 Å². The number of fused-ring (bicyclic) bond motifs is 1. The quantitative estimate of drug-likeness (QED) is 0.760.